The lowest BCUT2D eigenvalue weighted by atomic mass is 10.3. The van der Waals surface area contributed by atoms with Gasteiger partial charge in [-0.3, -0.25) is 4.79 Å². The maximum Gasteiger partial charge on any atom is 0.352 e. The molecule has 0 aliphatic carbocycles. The third-order valence-corrected chi connectivity index (χ3v) is 3.86. The molecule has 2 rings (SSSR count). The van der Waals surface area contributed by atoms with E-state index < -0.39 is 24.3 Å². The van der Waals surface area contributed by atoms with Crippen LogP contribution in [-0.4, -0.2) is 28.1 Å². The summed E-state index contributed by atoms with van der Waals surface area (Å²) < 4.78 is 22.7. The SMILES string of the molecule is CCc1nnsc1C(=O)OCC(=O)Nc1ccc(Br)cc1F. The molecule has 1 heterocycles. The summed E-state index contributed by atoms with van der Waals surface area (Å²) in [7, 11) is 0. The second kappa shape index (κ2) is 7.41. The molecule has 1 aromatic carbocycles. The lowest BCUT2D eigenvalue weighted by Crippen LogP contribution is -2.21. The van der Waals surface area contributed by atoms with Gasteiger partial charge in [0.1, 0.15) is 5.82 Å². The molecule has 0 saturated heterocycles. The molecular weight excluding hydrogens is 377 g/mol. The van der Waals surface area contributed by atoms with Crippen molar-refractivity contribution in [3.63, 3.8) is 0 Å². The fourth-order valence-corrected chi connectivity index (χ4v) is 2.55. The van der Waals surface area contributed by atoms with Crippen molar-refractivity contribution in [3.05, 3.63) is 39.1 Å². The number of anilines is 1. The Morgan fingerprint density at radius 3 is 2.91 bits per heavy atom. The van der Waals surface area contributed by atoms with Gasteiger partial charge in [0.2, 0.25) is 0 Å². The molecule has 0 atom stereocenters. The van der Waals surface area contributed by atoms with Crippen molar-refractivity contribution in [2.24, 2.45) is 0 Å². The zero-order valence-corrected chi connectivity index (χ0v) is 13.8. The number of ether oxygens (including phenoxy) is 1. The van der Waals surface area contributed by atoms with Gasteiger partial charge >= 0.3 is 5.97 Å². The molecule has 1 N–H and O–H groups in total. The quantitative estimate of drug-likeness (QED) is 0.797. The maximum absolute atomic E-state index is 13.6. The van der Waals surface area contributed by atoms with Crippen molar-refractivity contribution in [1.82, 2.24) is 9.59 Å². The molecule has 1 aromatic heterocycles. The van der Waals surface area contributed by atoms with Crippen molar-refractivity contribution in [3.8, 4) is 0 Å². The number of carbonyl (C=O) groups excluding carboxylic acids is 2. The number of carbonyl (C=O) groups is 2. The van der Waals surface area contributed by atoms with E-state index in [0.29, 0.717) is 16.6 Å². The van der Waals surface area contributed by atoms with Gasteiger partial charge in [-0.1, -0.05) is 27.3 Å². The number of esters is 1. The minimum absolute atomic E-state index is 0.0120. The summed E-state index contributed by atoms with van der Waals surface area (Å²) in [6, 6.07) is 4.21. The molecule has 22 heavy (non-hydrogen) atoms. The van der Waals surface area contributed by atoms with Crippen LogP contribution in [0.25, 0.3) is 0 Å². The van der Waals surface area contributed by atoms with E-state index in [1.54, 1.807) is 6.07 Å². The molecule has 9 heteroatoms. The number of hydrogen-bond donors (Lipinski definition) is 1. The van der Waals surface area contributed by atoms with Gasteiger partial charge in [0, 0.05) is 4.47 Å². The molecule has 6 nitrogen and oxygen atoms in total. The Morgan fingerprint density at radius 2 is 2.23 bits per heavy atom. The highest BCUT2D eigenvalue weighted by Gasteiger charge is 2.18. The van der Waals surface area contributed by atoms with E-state index >= 15 is 0 Å². The van der Waals surface area contributed by atoms with E-state index in [4.69, 9.17) is 4.74 Å². The molecular formula is C13H11BrFN3O3S. The fourth-order valence-electron chi connectivity index (χ4n) is 1.57. The van der Waals surface area contributed by atoms with Crippen LogP contribution in [0.3, 0.4) is 0 Å². The van der Waals surface area contributed by atoms with Crippen LogP contribution >= 0.6 is 27.5 Å². The Labute approximate surface area is 138 Å². The number of amides is 1. The average Bonchev–Trinajstić information content (AvgIpc) is 2.96. The number of hydrogen-bond acceptors (Lipinski definition) is 6. The lowest BCUT2D eigenvalue weighted by Gasteiger charge is -2.07. The van der Waals surface area contributed by atoms with Gasteiger partial charge in [-0.05, 0) is 36.2 Å². The molecule has 0 spiro atoms. The maximum atomic E-state index is 13.6. The van der Waals surface area contributed by atoms with Crippen molar-refractivity contribution in [2.45, 2.75) is 13.3 Å². The van der Waals surface area contributed by atoms with Gasteiger partial charge in [-0.15, -0.1) is 5.10 Å². The Morgan fingerprint density at radius 1 is 1.45 bits per heavy atom. The molecule has 0 bridgehead atoms. The molecule has 116 valence electrons. The number of benzene rings is 1. The van der Waals surface area contributed by atoms with E-state index in [1.807, 2.05) is 6.92 Å². The van der Waals surface area contributed by atoms with Crippen LogP contribution in [0.1, 0.15) is 22.3 Å². The monoisotopic (exact) mass is 387 g/mol. The minimum atomic E-state index is -0.668. The van der Waals surface area contributed by atoms with Gasteiger partial charge < -0.3 is 10.1 Å². The summed E-state index contributed by atoms with van der Waals surface area (Å²) in [6.07, 6.45) is 0.539. The minimum Gasteiger partial charge on any atom is -0.451 e. The highest BCUT2D eigenvalue weighted by molar-refractivity contribution is 9.10. The summed E-state index contributed by atoms with van der Waals surface area (Å²) in [6.45, 7) is 1.31. The molecule has 0 fully saturated rings. The van der Waals surface area contributed by atoms with Crippen LogP contribution < -0.4 is 5.32 Å². The summed E-state index contributed by atoms with van der Waals surface area (Å²) in [5.74, 6) is -1.89. The summed E-state index contributed by atoms with van der Waals surface area (Å²) in [5, 5.41) is 6.11. The van der Waals surface area contributed by atoms with Crippen molar-refractivity contribution < 1.29 is 18.7 Å². The number of halogens is 2. The third kappa shape index (κ3) is 4.08. The van der Waals surface area contributed by atoms with Crippen LogP contribution in [-0.2, 0) is 16.0 Å². The number of nitrogens with one attached hydrogen (secondary N) is 1. The van der Waals surface area contributed by atoms with Crippen LogP contribution in [0.4, 0.5) is 10.1 Å². The van der Waals surface area contributed by atoms with Gasteiger partial charge in [-0.25, -0.2) is 9.18 Å². The van der Waals surface area contributed by atoms with Crippen molar-refractivity contribution in [1.29, 1.82) is 0 Å². The molecule has 0 saturated carbocycles. The number of nitrogens with zero attached hydrogens (tertiary/aromatic N) is 2. The van der Waals surface area contributed by atoms with Gasteiger partial charge in [-0.2, -0.15) is 0 Å². The highest BCUT2D eigenvalue weighted by atomic mass is 79.9. The van der Waals surface area contributed by atoms with Gasteiger partial charge in [0.25, 0.3) is 5.91 Å². The first-order valence-electron chi connectivity index (χ1n) is 6.24. The highest BCUT2D eigenvalue weighted by Crippen LogP contribution is 2.19. The number of aryl methyl sites for hydroxylation is 1. The zero-order valence-electron chi connectivity index (χ0n) is 11.4. The first-order valence-corrected chi connectivity index (χ1v) is 7.81. The second-order valence-electron chi connectivity index (χ2n) is 4.15. The van der Waals surface area contributed by atoms with E-state index in [9.17, 15) is 14.0 Å². The standard InChI is InChI=1S/C13H11BrFN3O3S/c1-2-9-12(22-18-17-9)13(20)21-6-11(19)16-10-4-3-7(14)5-8(10)15/h3-5H,2,6H2,1H3,(H,16,19). The summed E-state index contributed by atoms with van der Waals surface area (Å²) in [5.41, 5.74) is 0.535. The van der Waals surface area contributed by atoms with E-state index in [-0.39, 0.29) is 10.6 Å². The fraction of sp³-hybridized carbons (Fsp3) is 0.231. The van der Waals surface area contributed by atoms with E-state index in [1.165, 1.54) is 12.1 Å². The topological polar surface area (TPSA) is 81.2 Å². The largest absolute Gasteiger partial charge is 0.451 e. The Kier molecular flexibility index (Phi) is 5.56. The average molecular weight is 388 g/mol. The molecule has 0 radical (unpaired) electrons. The zero-order chi connectivity index (χ0) is 16.1. The molecule has 1 amide bonds. The normalized spacial score (nSPS) is 10.3. The second-order valence-corrected chi connectivity index (χ2v) is 5.82. The van der Waals surface area contributed by atoms with Crippen molar-refractivity contribution in [2.75, 3.05) is 11.9 Å². The number of rotatable bonds is 5. The summed E-state index contributed by atoms with van der Waals surface area (Å²) in [4.78, 5) is 23.8. The van der Waals surface area contributed by atoms with Crippen LogP contribution in [0.5, 0.6) is 0 Å². The predicted molar refractivity (Wildman–Crippen MR) is 82.3 cm³/mol. The first kappa shape index (κ1) is 16.5. The molecule has 0 aliphatic heterocycles. The third-order valence-electron chi connectivity index (χ3n) is 2.62. The van der Waals surface area contributed by atoms with Gasteiger partial charge in [0.05, 0.1) is 11.4 Å². The van der Waals surface area contributed by atoms with E-state index in [2.05, 4.69) is 30.8 Å². The smallest absolute Gasteiger partial charge is 0.352 e. The van der Waals surface area contributed by atoms with E-state index in [0.717, 1.165) is 11.5 Å². The number of aromatic nitrogens is 2. The Bertz CT molecular complexity index is 708. The Hall–Kier alpha value is -1.87. The van der Waals surface area contributed by atoms with Crippen LogP contribution in [0.2, 0.25) is 0 Å². The summed E-state index contributed by atoms with van der Waals surface area (Å²) >= 11 is 4.02. The molecule has 0 aliphatic rings. The van der Waals surface area contributed by atoms with Crippen LogP contribution in [0.15, 0.2) is 22.7 Å². The van der Waals surface area contributed by atoms with Crippen LogP contribution in [0, 0.1) is 5.82 Å². The van der Waals surface area contributed by atoms with Crippen molar-refractivity contribution >= 4 is 45.0 Å². The molecule has 0 unspecified atom stereocenters. The van der Waals surface area contributed by atoms with Gasteiger partial charge in [0.15, 0.2) is 11.5 Å². The predicted octanol–water partition coefficient (Wildman–Crippen LogP) is 2.80. The Balaban J connectivity index is 1.91. The lowest BCUT2D eigenvalue weighted by molar-refractivity contribution is -0.119. The first-order chi connectivity index (χ1) is 10.5. The molecule has 2 aromatic rings.